The summed E-state index contributed by atoms with van der Waals surface area (Å²) in [7, 11) is 0. The van der Waals surface area contributed by atoms with Crippen LogP contribution in [0, 0.1) is 11.6 Å². The van der Waals surface area contributed by atoms with E-state index in [0.29, 0.717) is 22.4 Å². The fourth-order valence-electron chi connectivity index (χ4n) is 4.59. The van der Waals surface area contributed by atoms with E-state index in [1.54, 1.807) is 18.5 Å². The Balaban J connectivity index is 1.56. The second kappa shape index (κ2) is 7.33. The van der Waals surface area contributed by atoms with Crippen molar-refractivity contribution in [3.05, 3.63) is 78.4 Å². The summed E-state index contributed by atoms with van der Waals surface area (Å²) in [6.07, 6.45) is 4.98. The molecule has 1 aliphatic rings. The van der Waals surface area contributed by atoms with Crippen molar-refractivity contribution in [3.63, 3.8) is 0 Å². The molecule has 6 rings (SSSR count). The average molecular weight is 428 g/mol. The van der Waals surface area contributed by atoms with Crippen LogP contribution in [-0.4, -0.2) is 31.5 Å². The van der Waals surface area contributed by atoms with Crippen LogP contribution in [0.15, 0.2) is 61.2 Å². The smallest absolute Gasteiger partial charge is 0.182 e. The zero-order valence-electron chi connectivity index (χ0n) is 17.0. The molecule has 3 aromatic heterocycles. The third-order valence-corrected chi connectivity index (χ3v) is 5.99. The van der Waals surface area contributed by atoms with E-state index in [-0.39, 0.29) is 17.7 Å². The number of hydrogen-bond donors (Lipinski definition) is 1. The topological polar surface area (TPSA) is 70.6 Å². The molecule has 0 saturated carbocycles. The summed E-state index contributed by atoms with van der Waals surface area (Å²) in [4.78, 5) is 23.2. The van der Waals surface area contributed by atoms with Gasteiger partial charge in [0.15, 0.2) is 11.5 Å². The fraction of sp³-hybridized carbons (Fsp3) is 0.167. The van der Waals surface area contributed by atoms with Crippen molar-refractivity contribution in [1.82, 2.24) is 24.9 Å². The van der Waals surface area contributed by atoms with Crippen LogP contribution in [0.1, 0.15) is 24.4 Å². The van der Waals surface area contributed by atoms with E-state index < -0.39 is 0 Å². The Bertz CT molecular complexity index is 1460. The minimum absolute atomic E-state index is 0.0309. The highest BCUT2D eigenvalue weighted by Gasteiger charge is 2.31. The van der Waals surface area contributed by atoms with Gasteiger partial charge in [0.05, 0.1) is 23.6 Å². The van der Waals surface area contributed by atoms with Gasteiger partial charge < -0.3 is 9.88 Å². The van der Waals surface area contributed by atoms with Crippen molar-refractivity contribution in [1.29, 1.82) is 0 Å². The second-order valence-electron chi connectivity index (χ2n) is 7.92. The van der Waals surface area contributed by atoms with Crippen LogP contribution in [0.25, 0.3) is 33.3 Å². The van der Waals surface area contributed by atoms with Crippen LogP contribution < -0.4 is 4.90 Å². The molecular formula is C24H18F2N6. The van der Waals surface area contributed by atoms with Crippen molar-refractivity contribution >= 4 is 27.9 Å². The lowest BCUT2D eigenvalue weighted by Crippen LogP contribution is -2.24. The minimum atomic E-state index is -0.354. The molecule has 1 unspecified atom stereocenters. The molecule has 158 valence electrons. The number of pyridine rings is 1. The molecule has 2 aromatic carbocycles. The Labute approximate surface area is 182 Å². The Morgan fingerprint density at radius 2 is 1.88 bits per heavy atom. The van der Waals surface area contributed by atoms with Crippen molar-refractivity contribution in [2.24, 2.45) is 0 Å². The highest BCUT2D eigenvalue weighted by molar-refractivity contribution is 5.86. The first kappa shape index (κ1) is 18.8. The van der Waals surface area contributed by atoms with Crippen LogP contribution in [0.3, 0.4) is 0 Å². The highest BCUT2D eigenvalue weighted by atomic mass is 19.1. The number of halogens is 2. The number of rotatable bonds is 3. The molecule has 6 nitrogen and oxygen atoms in total. The van der Waals surface area contributed by atoms with Crippen molar-refractivity contribution in [2.75, 3.05) is 11.4 Å². The van der Waals surface area contributed by atoms with E-state index in [0.717, 1.165) is 41.7 Å². The summed E-state index contributed by atoms with van der Waals surface area (Å²) in [5, 5.41) is 0.836. The molecule has 8 heteroatoms. The molecule has 0 spiro atoms. The summed E-state index contributed by atoms with van der Waals surface area (Å²) in [6.45, 7) is 0.805. The number of benzene rings is 2. The molecule has 1 fully saturated rings. The van der Waals surface area contributed by atoms with E-state index in [1.807, 2.05) is 12.1 Å². The van der Waals surface area contributed by atoms with Gasteiger partial charge >= 0.3 is 0 Å². The first-order chi connectivity index (χ1) is 15.7. The van der Waals surface area contributed by atoms with E-state index in [4.69, 9.17) is 4.98 Å². The molecule has 1 aliphatic heterocycles. The SMILES string of the molecule is Fc1cccc(-c2nc3cc(F)ccc3cc2C2CCCN2c2ncnc3nc[nH]c23)c1. The predicted octanol–water partition coefficient (Wildman–Crippen LogP) is 5.19. The molecular weight excluding hydrogens is 410 g/mol. The van der Waals surface area contributed by atoms with Crippen LogP contribution in [0.4, 0.5) is 14.6 Å². The van der Waals surface area contributed by atoms with Gasteiger partial charge in [-0.05, 0) is 43.2 Å². The van der Waals surface area contributed by atoms with Crippen LogP contribution >= 0.6 is 0 Å². The first-order valence-corrected chi connectivity index (χ1v) is 10.4. The van der Waals surface area contributed by atoms with Gasteiger partial charge in [0.2, 0.25) is 0 Å². The van der Waals surface area contributed by atoms with E-state index in [1.165, 1.54) is 30.6 Å². The Kier molecular flexibility index (Phi) is 4.31. The lowest BCUT2D eigenvalue weighted by atomic mass is 9.96. The number of H-pyrrole nitrogens is 1. The van der Waals surface area contributed by atoms with Gasteiger partial charge in [-0.15, -0.1) is 0 Å². The standard InChI is InChI=1S/C24H18F2N6/c25-16-4-1-3-15(9-16)21-18(10-14-6-7-17(26)11-19(14)31-21)20-5-2-8-32(20)24-22-23(28-12-27-22)29-13-30-24/h1,3-4,6-7,9-13,20H,2,5,8H2,(H,27,28,29,30). The Hall–Kier alpha value is -3.94. The summed E-state index contributed by atoms with van der Waals surface area (Å²) in [5.41, 5.74) is 4.19. The lowest BCUT2D eigenvalue weighted by molar-refractivity contribution is 0.627. The maximum atomic E-state index is 14.1. The molecule has 4 heterocycles. The third kappa shape index (κ3) is 3.07. The van der Waals surface area contributed by atoms with Crippen molar-refractivity contribution < 1.29 is 8.78 Å². The maximum absolute atomic E-state index is 14.1. The number of aromatic nitrogens is 5. The van der Waals surface area contributed by atoms with E-state index in [9.17, 15) is 8.78 Å². The van der Waals surface area contributed by atoms with Crippen LogP contribution in [0.5, 0.6) is 0 Å². The number of aromatic amines is 1. The minimum Gasteiger partial charge on any atom is -0.348 e. The highest BCUT2D eigenvalue weighted by Crippen LogP contribution is 2.41. The van der Waals surface area contributed by atoms with Crippen LogP contribution in [-0.2, 0) is 0 Å². The Morgan fingerprint density at radius 3 is 2.78 bits per heavy atom. The molecule has 1 saturated heterocycles. The second-order valence-corrected chi connectivity index (χ2v) is 7.92. The maximum Gasteiger partial charge on any atom is 0.182 e. The molecule has 0 radical (unpaired) electrons. The van der Waals surface area contributed by atoms with E-state index in [2.05, 4.69) is 24.8 Å². The summed E-state index contributed by atoms with van der Waals surface area (Å²) < 4.78 is 28.0. The summed E-state index contributed by atoms with van der Waals surface area (Å²) in [5.74, 6) is 0.0836. The zero-order valence-corrected chi connectivity index (χ0v) is 17.0. The number of imidazole rings is 1. The first-order valence-electron chi connectivity index (χ1n) is 10.4. The largest absolute Gasteiger partial charge is 0.348 e. The molecule has 1 atom stereocenters. The lowest BCUT2D eigenvalue weighted by Gasteiger charge is -2.28. The van der Waals surface area contributed by atoms with Gasteiger partial charge in [0.1, 0.15) is 23.5 Å². The summed E-state index contributed by atoms with van der Waals surface area (Å²) >= 11 is 0. The molecule has 0 amide bonds. The molecule has 1 N–H and O–H groups in total. The fourth-order valence-corrected chi connectivity index (χ4v) is 4.59. The monoisotopic (exact) mass is 428 g/mol. The number of fused-ring (bicyclic) bond motifs is 2. The number of nitrogens with zero attached hydrogens (tertiary/aromatic N) is 5. The van der Waals surface area contributed by atoms with E-state index >= 15 is 0 Å². The molecule has 32 heavy (non-hydrogen) atoms. The van der Waals surface area contributed by atoms with Crippen molar-refractivity contribution in [2.45, 2.75) is 18.9 Å². The number of nitrogens with one attached hydrogen (secondary N) is 1. The third-order valence-electron chi connectivity index (χ3n) is 5.99. The van der Waals surface area contributed by atoms with Gasteiger partial charge in [-0.2, -0.15) is 0 Å². The number of hydrogen-bond acceptors (Lipinski definition) is 5. The van der Waals surface area contributed by atoms with Gasteiger partial charge in [-0.3, -0.25) is 0 Å². The van der Waals surface area contributed by atoms with Gasteiger partial charge in [-0.1, -0.05) is 12.1 Å². The molecule has 5 aromatic rings. The zero-order chi connectivity index (χ0) is 21.7. The molecule has 0 bridgehead atoms. The van der Waals surface area contributed by atoms with Gasteiger partial charge in [-0.25, -0.2) is 28.7 Å². The quantitative estimate of drug-likeness (QED) is 0.428. The Morgan fingerprint density at radius 1 is 0.969 bits per heavy atom. The van der Waals surface area contributed by atoms with Crippen molar-refractivity contribution in [3.8, 4) is 11.3 Å². The predicted molar refractivity (Wildman–Crippen MR) is 118 cm³/mol. The van der Waals surface area contributed by atoms with Gasteiger partial charge in [0, 0.05) is 29.1 Å². The van der Waals surface area contributed by atoms with Gasteiger partial charge in [0.25, 0.3) is 0 Å². The average Bonchev–Trinajstić information content (AvgIpc) is 3.47. The summed E-state index contributed by atoms with van der Waals surface area (Å²) in [6, 6.07) is 12.9. The van der Waals surface area contributed by atoms with Crippen LogP contribution in [0.2, 0.25) is 0 Å². The number of anilines is 1. The normalized spacial score (nSPS) is 16.3. The molecule has 0 aliphatic carbocycles.